The van der Waals surface area contributed by atoms with Crippen molar-refractivity contribution < 1.29 is 9.90 Å². The number of nitrogens with two attached hydrogens (primary N) is 1. The monoisotopic (exact) mass is 191 g/mol. The highest BCUT2D eigenvalue weighted by Gasteiger charge is 2.05. The van der Waals surface area contributed by atoms with Crippen LogP contribution in [0.2, 0.25) is 0 Å². The molecule has 0 radical (unpaired) electrons. The van der Waals surface area contributed by atoms with Gasteiger partial charge in [-0.2, -0.15) is 0 Å². The van der Waals surface area contributed by atoms with E-state index in [0.29, 0.717) is 11.2 Å². The van der Waals surface area contributed by atoms with Crippen LogP contribution in [0.4, 0.5) is 5.69 Å². The Morgan fingerprint density at radius 3 is 3.07 bits per heavy atom. The van der Waals surface area contributed by atoms with Crippen LogP contribution in [-0.4, -0.2) is 20.6 Å². The maximum absolute atomic E-state index is 10.5. The first-order valence-corrected chi connectivity index (χ1v) is 4.09. The van der Waals surface area contributed by atoms with Crippen LogP contribution in [0.1, 0.15) is 0 Å². The van der Waals surface area contributed by atoms with Gasteiger partial charge in [0.15, 0.2) is 0 Å². The molecule has 0 bridgehead atoms. The number of nitrogens with zero attached hydrogens (tertiary/aromatic N) is 2. The smallest absolute Gasteiger partial charge is 0.323 e. The molecule has 3 N–H and O–H groups in total. The van der Waals surface area contributed by atoms with Crippen LogP contribution >= 0.6 is 0 Å². The minimum atomic E-state index is -0.888. The van der Waals surface area contributed by atoms with Crippen molar-refractivity contribution in [3.05, 3.63) is 24.5 Å². The number of rotatable bonds is 2. The zero-order valence-electron chi connectivity index (χ0n) is 7.34. The fourth-order valence-corrected chi connectivity index (χ4v) is 1.35. The molecule has 0 fully saturated rings. The molecule has 0 atom stereocenters. The number of hydrogen-bond acceptors (Lipinski definition) is 3. The lowest BCUT2D eigenvalue weighted by atomic mass is 10.3. The molecule has 5 nitrogen and oxygen atoms in total. The molecule has 0 aliphatic rings. The Labute approximate surface area is 79.8 Å². The third-order valence-electron chi connectivity index (χ3n) is 1.95. The van der Waals surface area contributed by atoms with E-state index in [1.807, 2.05) is 0 Å². The first-order chi connectivity index (χ1) is 6.66. The van der Waals surface area contributed by atoms with Gasteiger partial charge in [0.25, 0.3) is 0 Å². The number of carboxylic acid groups (broad SMARTS) is 1. The number of aromatic nitrogens is 2. The van der Waals surface area contributed by atoms with E-state index in [1.165, 1.54) is 6.33 Å². The Balaban J connectivity index is 2.52. The van der Waals surface area contributed by atoms with Crippen molar-refractivity contribution in [1.29, 1.82) is 0 Å². The molecule has 14 heavy (non-hydrogen) atoms. The highest BCUT2D eigenvalue weighted by atomic mass is 16.4. The minimum absolute atomic E-state index is 0.0829. The Kier molecular flexibility index (Phi) is 1.85. The highest BCUT2D eigenvalue weighted by Crippen LogP contribution is 2.15. The standard InChI is InChI=1S/C9H9N3O2/c10-6-1-2-8-7(3-6)11-5-12(8)4-9(13)14/h1-3,5H,4,10H2,(H,13,14). The van der Waals surface area contributed by atoms with E-state index < -0.39 is 5.97 Å². The maximum atomic E-state index is 10.5. The molecule has 0 unspecified atom stereocenters. The van der Waals surface area contributed by atoms with Gasteiger partial charge in [-0.1, -0.05) is 0 Å². The zero-order chi connectivity index (χ0) is 10.1. The molecular formula is C9H9N3O2. The van der Waals surface area contributed by atoms with E-state index in [2.05, 4.69) is 4.98 Å². The quantitative estimate of drug-likeness (QED) is 0.685. The average molecular weight is 191 g/mol. The lowest BCUT2D eigenvalue weighted by molar-refractivity contribution is -0.137. The van der Waals surface area contributed by atoms with Gasteiger partial charge in [-0.15, -0.1) is 0 Å². The normalized spacial score (nSPS) is 10.6. The Hall–Kier alpha value is -2.04. The Morgan fingerprint density at radius 2 is 2.36 bits per heavy atom. The predicted octanol–water partition coefficient (Wildman–Crippen LogP) is 0.703. The van der Waals surface area contributed by atoms with Crippen LogP contribution in [0.5, 0.6) is 0 Å². The van der Waals surface area contributed by atoms with E-state index in [9.17, 15) is 4.79 Å². The maximum Gasteiger partial charge on any atom is 0.323 e. The van der Waals surface area contributed by atoms with Crippen molar-refractivity contribution in [2.75, 3.05) is 5.73 Å². The molecule has 0 aliphatic carbocycles. The van der Waals surface area contributed by atoms with Crippen LogP contribution in [0.15, 0.2) is 24.5 Å². The second-order valence-corrected chi connectivity index (χ2v) is 3.01. The number of hydrogen-bond donors (Lipinski definition) is 2. The summed E-state index contributed by atoms with van der Waals surface area (Å²) in [6, 6.07) is 5.21. The van der Waals surface area contributed by atoms with Crippen molar-refractivity contribution in [1.82, 2.24) is 9.55 Å². The van der Waals surface area contributed by atoms with Crippen LogP contribution < -0.4 is 5.73 Å². The number of carboxylic acids is 1. The van der Waals surface area contributed by atoms with Gasteiger partial charge < -0.3 is 15.4 Å². The van der Waals surface area contributed by atoms with Crippen molar-refractivity contribution in [2.24, 2.45) is 0 Å². The summed E-state index contributed by atoms with van der Waals surface area (Å²) in [7, 11) is 0. The first kappa shape index (κ1) is 8.55. The van der Waals surface area contributed by atoms with Crippen molar-refractivity contribution in [2.45, 2.75) is 6.54 Å². The molecule has 0 saturated heterocycles. The fraction of sp³-hybridized carbons (Fsp3) is 0.111. The van der Waals surface area contributed by atoms with E-state index in [1.54, 1.807) is 22.8 Å². The summed E-state index contributed by atoms with van der Waals surface area (Å²) in [5.41, 5.74) is 7.69. The molecule has 2 rings (SSSR count). The molecule has 5 heteroatoms. The number of nitrogen functional groups attached to an aromatic ring is 1. The van der Waals surface area contributed by atoms with Crippen LogP contribution in [0.3, 0.4) is 0 Å². The van der Waals surface area contributed by atoms with Gasteiger partial charge >= 0.3 is 5.97 Å². The molecule has 1 aromatic heterocycles. The summed E-state index contributed by atoms with van der Waals surface area (Å²) >= 11 is 0. The molecular weight excluding hydrogens is 182 g/mol. The largest absolute Gasteiger partial charge is 0.480 e. The summed E-state index contributed by atoms with van der Waals surface area (Å²) < 4.78 is 1.57. The third-order valence-corrected chi connectivity index (χ3v) is 1.95. The number of aliphatic carboxylic acids is 1. The molecule has 0 aliphatic heterocycles. The number of anilines is 1. The highest BCUT2D eigenvalue weighted by molar-refractivity contribution is 5.80. The molecule has 0 amide bonds. The van der Waals surface area contributed by atoms with Gasteiger partial charge in [-0.3, -0.25) is 4.79 Å². The van der Waals surface area contributed by atoms with Gasteiger partial charge in [-0.25, -0.2) is 4.98 Å². The lowest BCUT2D eigenvalue weighted by Crippen LogP contribution is -2.07. The van der Waals surface area contributed by atoms with Crippen LogP contribution in [0.25, 0.3) is 11.0 Å². The number of imidazole rings is 1. The van der Waals surface area contributed by atoms with E-state index >= 15 is 0 Å². The number of benzene rings is 1. The summed E-state index contributed by atoms with van der Waals surface area (Å²) in [5.74, 6) is -0.888. The molecule has 72 valence electrons. The number of carbonyl (C=O) groups is 1. The summed E-state index contributed by atoms with van der Waals surface area (Å²) in [4.78, 5) is 14.6. The average Bonchev–Trinajstić information content (AvgIpc) is 2.47. The summed E-state index contributed by atoms with van der Waals surface area (Å²) in [6.07, 6.45) is 1.50. The third kappa shape index (κ3) is 1.39. The fourth-order valence-electron chi connectivity index (χ4n) is 1.35. The van der Waals surface area contributed by atoms with Gasteiger partial charge in [0.1, 0.15) is 6.54 Å². The minimum Gasteiger partial charge on any atom is -0.480 e. The van der Waals surface area contributed by atoms with Crippen molar-refractivity contribution >= 4 is 22.7 Å². The van der Waals surface area contributed by atoms with Gasteiger partial charge in [0, 0.05) is 5.69 Å². The Bertz CT molecular complexity index is 490. The Morgan fingerprint density at radius 1 is 1.57 bits per heavy atom. The second-order valence-electron chi connectivity index (χ2n) is 3.01. The molecule has 0 saturated carbocycles. The molecule has 1 heterocycles. The van der Waals surface area contributed by atoms with Crippen LogP contribution in [0, 0.1) is 0 Å². The van der Waals surface area contributed by atoms with Crippen molar-refractivity contribution in [3.8, 4) is 0 Å². The SMILES string of the molecule is Nc1ccc2c(c1)ncn2CC(=O)O. The van der Waals surface area contributed by atoms with Crippen LogP contribution in [-0.2, 0) is 11.3 Å². The molecule has 2 aromatic rings. The lowest BCUT2D eigenvalue weighted by Gasteiger charge is -1.99. The van der Waals surface area contributed by atoms with E-state index in [0.717, 1.165) is 5.52 Å². The number of fused-ring (bicyclic) bond motifs is 1. The van der Waals surface area contributed by atoms with E-state index in [-0.39, 0.29) is 6.54 Å². The predicted molar refractivity (Wildman–Crippen MR) is 51.8 cm³/mol. The van der Waals surface area contributed by atoms with Crippen molar-refractivity contribution in [3.63, 3.8) is 0 Å². The van der Waals surface area contributed by atoms with Gasteiger partial charge in [0.2, 0.25) is 0 Å². The topological polar surface area (TPSA) is 81.1 Å². The molecule has 0 spiro atoms. The summed E-state index contributed by atoms with van der Waals surface area (Å²) in [5, 5.41) is 8.63. The first-order valence-electron chi connectivity index (χ1n) is 4.09. The second kappa shape index (κ2) is 3.02. The zero-order valence-corrected chi connectivity index (χ0v) is 7.34. The van der Waals surface area contributed by atoms with E-state index in [4.69, 9.17) is 10.8 Å². The van der Waals surface area contributed by atoms with Gasteiger partial charge in [0.05, 0.1) is 17.4 Å². The molecule has 1 aromatic carbocycles. The van der Waals surface area contributed by atoms with Gasteiger partial charge in [-0.05, 0) is 18.2 Å². The summed E-state index contributed by atoms with van der Waals surface area (Å²) in [6.45, 7) is -0.0829.